The molecule has 2 aliphatic rings. The molecular formula is C21H29N5O5. The molecule has 1 aromatic rings. The molecular weight excluding hydrogens is 402 g/mol. The van der Waals surface area contributed by atoms with Crippen molar-refractivity contribution in [3.8, 4) is 5.75 Å². The van der Waals surface area contributed by atoms with Crippen LogP contribution < -0.4 is 10.1 Å². The Bertz CT molecular complexity index is 837. The molecule has 1 aromatic carbocycles. The number of amides is 2. The Labute approximate surface area is 181 Å². The summed E-state index contributed by atoms with van der Waals surface area (Å²) in [6, 6.07) is 6.22. The summed E-state index contributed by atoms with van der Waals surface area (Å²) in [5.41, 5.74) is 0.585. The number of methoxy groups -OCH3 is 1. The Morgan fingerprint density at radius 3 is 2.71 bits per heavy atom. The number of rotatable bonds is 7. The van der Waals surface area contributed by atoms with Gasteiger partial charge in [0.05, 0.1) is 13.7 Å². The van der Waals surface area contributed by atoms with Crippen LogP contribution in [0.25, 0.3) is 0 Å². The van der Waals surface area contributed by atoms with E-state index in [0.717, 1.165) is 38.8 Å². The van der Waals surface area contributed by atoms with Gasteiger partial charge in [-0.15, -0.1) is 0 Å². The average molecular weight is 431 g/mol. The SMILES string of the molecule is COc1cccc(NC(C[N+](=O)[O-])=N[C@H]2CCCCN(CC(=O)N3CCCC3)C2=O)c1. The topological polar surface area (TPSA) is 117 Å². The van der Waals surface area contributed by atoms with Crippen LogP contribution in [-0.4, -0.2) is 78.2 Å². The van der Waals surface area contributed by atoms with Crippen LogP contribution in [0.2, 0.25) is 0 Å². The zero-order valence-corrected chi connectivity index (χ0v) is 17.8. The molecule has 0 aromatic heterocycles. The van der Waals surface area contributed by atoms with Crippen molar-refractivity contribution in [2.24, 2.45) is 4.99 Å². The molecule has 2 amide bonds. The Kier molecular flexibility index (Phi) is 7.80. The predicted molar refractivity (Wildman–Crippen MR) is 116 cm³/mol. The molecule has 0 radical (unpaired) electrons. The molecule has 2 aliphatic heterocycles. The standard InChI is InChI=1S/C21H29N5O5/c1-31-17-8-6-7-16(13-17)22-19(14-26(29)30)23-18-9-2-3-12-25(21(18)28)15-20(27)24-10-4-5-11-24/h6-8,13,18H,2-5,9-12,14-15H2,1H3,(H,22,23)/t18-/m0/s1. The van der Waals surface area contributed by atoms with Gasteiger partial charge in [-0.05, 0) is 44.2 Å². The van der Waals surface area contributed by atoms with E-state index in [-0.39, 0.29) is 24.2 Å². The van der Waals surface area contributed by atoms with Crippen molar-refractivity contribution >= 4 is 23.3 Å². The number of amidine groups is 1. The number of aliphatic imine (C=N–C) groups is 1. The monoisotopic (exact) mass is 431 g/mol. The van der Waals surface area contributed by atoms with E-state index < -0.39 is 17.5 Å². The highest BCUT2D eigenvalue weighted by Crippen LogP contribution is 2.19. The third-order valence-electron chi connectivity index (χ3n) is 5.49. The second-order valence-electron chi connectivity index (χ2n) is 7.78. The van der Waals surface area contributed by atoms with Crippen LogP contribution >= 0.6 is 0 Å². The predicted octanol–water partition coefficient (Wildman–Crippen LogP) is 1.79. The summed E-state index contributed by atoms with van der Waals surface area (Å²) in [5, 5.41) is 14.1. The van der Waals surface area contributed by atoms with Gasteiger partial charge in [-0.25, -0.2) is 0 Å². The minimum absolute atomic E-state index is 0.0404. The number of nitrogens with one attached hydrogen (secondary N) is 1. The third kappa shape index (κ3) is 6.40. The van der Waals surface area contributed by atoms with Gasteiger partial charge in [0.1, 0.15) is 11.8 Å². The van der Waals surface area contributed by atoms with E-state index in [1.54, 1.807) is 34.1 Å². The van der Waals surface area contributed by atoms with Crippen molar-refractivity contribution in [2.45, 2.75) is 38.1 Å². The average Bonchev–Trinajstić information content (AvgIpc) is 3.23. The summed E-state index contributed by atoms with van der Waals surface area (Å²) < 4.78 is 5.18. The molecule has 10 nitrogen and oxygen atoms in total. The summed E-state index contributed by atoms with van der Waals surface area (Å²) in [4.78, 5) is 44.1. The number of nitrogens with zero attached hydrogens (tertiary/aromatic N) is 4. The summed E-state index contributed by atoms with van der Waals surface area (Å²) in [6.45, 7) is 1.48. The molecule has 168 valence electrons. The molecule has 0 spiro atoms. The lowest BCUT2D eigenvalue weighted by Gasteiger charge is -2.25. The van der Waals surface area contributed by atoms with E-state index in [4.69, 9.17) is 4.74 Å². The summed E-state index contributed by atoms with van der Waals surface area (Å²) >= 11 is 0. The molecule has 0 bridgehead atoms. The fourth-order valence-corrected chi connectivity index (χ4v) is 3.88. The fraction of sp³-hybridized carbons (Fsp3) is 0.571. The number of ether oxygens (including phenoxy) is 1. The first-order valence-corrected chi connectivity index (χ1v) is 10.6. The maximum absolute atomic E-state index is 13.1. The Morgan fingerprint density at radius 2 is 2.00 bits per heavy atom. The second kappa shape index (κ2) is 10.7. The molecule has 10 heteroatoms. The minimum Gasteiger partial charge on any atom is -0.497 e. The molecule has 0 saturated carbocycles. The number of carbonyl (C=O) groups excluding carboxylic acids is 2. The number of carbonyl (C=O) groups is 2. The molecule has 31 heavy (non-hydrogen) atoms. The smallest absolute Gasteiger partial charge is 0.260 e. The van der Waals surface area contributed by atoms with Crippen molar-refractivity contribution in [1.82, 2.24) is 9.80 Å². The van der Waals surface area contributed by atoms with Crippen molar-refractivity contribution in [3.63, 3.8) is 0 Å². The first-order chi connectivity index (χ1) is 15.0. The lowest BCUT2D eigenvalue weighted by Crippen LogP contribution is -2.45. The van der Waals surface area contributed by atoms with Gasteiger partial charge in [-0.2, -0.15) is 0 Å². The summed E-state index contributed by atoms with van der Waals surface area (Å²) in [6.07, 6.45) is 4.02. The highest BCUT2D eigenvalue weighted by molar-refractivity contribution is 5.98. The number of hydrogen-bond donors (Lipinski definition) is 1. The van der Waals surface area contributed by atoms with Crippen LogP contribution in [0.3, 0.4) is 0 Å². The van der Waals surface area contributed by atoms with Crippen molar-refractivity contribution in [1.29, 1.82) is 0 Å². The van der Waals surface area contributed by atoms with Gasteiger partial charge in [0.2, 0.25) is 11.8 Å². The Morgan fingerprint density at radius 1 is 1.26 bits per heavy atom. The summed E-state index contributed by atoms with van der Waals surface area (Å²) in [5.74, 6) is 0.403. The molecule has 0 unspecified atom stereocenters. The van der Waals surface area contributed by atoms with Crippen molar-refractivity contribution in [3.05, 3.63) is 34.4 Å². The van der Waals surface area contributed by atoms with Crippen LogP contribution in [0, 0.1) is 10.1 Å². The molecule has 1 N–H and O–H groups in total. The van der Waals surface area contributed by atoms with Crippen molar-refractivity contribution in [2.75, 3.05) is 45.2 Å². The Hall–Kier alpha value is -3.17. The molecule has 1 atom stereocenters. The van der Waals surface area contributed by atoms with E-state index in [1.165, 1.54) is 7.11 Å². The van der Waals surface area contributed by atoms with Crippen molar-refractivity contribution < 1.29 is 19.2 Å². The zero-order valence-electron chi connectivity index (χ0n) is 17.8. The van der Waals surface area contributed by atoms with Crippen LogP contribution in [-0.2, 0) is 9.59 Å². The number of benzene rings is 1. The van der Waals surface area contributed by atoms with Gasteiger partial charge in [0.25, 0.3) is 6.54 Å². The maximum atomic E-state index is 13.1. The highest BCUT2D eigenvalue weighted by Gasteiger charge is 2.30. The number of likely N-dealkylation sites (tertiary alicyclic amines) is 2. The van der Waals surface area contributed by atoms with Crippen LogP contribution in [0.15, 0.2) is 29.3 Å². The van der Waals surface area contributed by atoms with Crippen LogP contribution in [0.1, 0.15) is 32.1 Å². The van der Waals surface area contributed by atoms with Gasteiger partial charge in [0.15, 0.2) is 5.84 Å². The molecule has 3 rings (SSSR count). The molecule has 2 heterocycles. The largest absolute Gasteiger partial charge is 0.497 e. The van der Waals surface area contributed by atoms with E-state index in [1.807, 2.05) is 0 Å². The van der Waals surface area contributed by atoms with Gasteiger partial charge in [-0.1, -0.05) is 6.07 Å². The number of anilines is 1. The maximum Gasteiger partial charge on any atom is 0.260 e. The van der Waals surface area contributed by atoms with Gasteiger partial charge in [0, 0.05) is 36.3 Å². The molecule has 2 fully saturated rings. The molecule has 2 saturated heterocycles. The lowest BCUT2D eigenvalue weighted by atomic mass is 10.1. The van der Waals surface area contributed by atoms with Gasteiger partial charge in [-0.3, -0.25) is 24.7 Å². The fourth-order valence-electron chi connectivity index (χ4n) is 3.88. The first kappa shape index (κ1) is 22.5. The molecule has 0 aliphatic carbocycles. The summed E-state index contributed by atoms with van der Waals surface area (Å²) in [7, 11) is 1.54. The van der Waals surface area contributed by atoms with Crippen LogP contribution in [0.4, 0.5) is 5.69 Å². The highest BCUT2D eigenvalue weighted by atomic mass is 16.6. The quantitative estimate of drug-likeness (QED) is 0.304. The number of nitro groups is 1. The van der Waals surface area contributed by atoms with E-state index in [0.29, 0.717) is 24.4 Å². The zero-order chi connectivity index (χ0) is 22.2. The van der Waals surface area contributed by atoms with E-state index in [9.17, 15) is 19.7 Å². The normalized spacial score (nSPS) is 19.8. The third-order valence-corrected chi connectivity index (χ3v) is 5.49. The van der Waals surface area contributed by atoms with Gasteiger partial charge >= 0.3 is 0 Å². The first-order valence-electron chi connectivity index (χ1n) is 10.6. The minimum atomic E-state index is -0.748. The van der Waals surface area contributed by atoms with Gasteiger partial charge < -0.3 is 19.9 Å². The second-order valence-corrected chi connectivity index (χ2v) is 7.78. The lowest BCUT2D eigenvalue weighted by molar-refractivity contribution is -0.463. The van der Waals surface area contributed by atoms with E-state index in [2.05, 4.69) is 10.3 Å². The Balaban J connectivity index is 1.75. The number of hydrogen-bond acceptors (Lipinski definition) is 6. The van der Waals surface area contributed by atoms with Crippen LogP contribution in [0.5, 0.6) is 5.75 Å². The van der Waals surface area contributed by atoms with E-state index >= 15 is 0 Å².